The molecule has 0 aromatic carbocycles. The summed E-state index contributed by atoms with van der Waals surface area (Å²) in [6.07, 6.45) is 3.98. The molecule has 7 nitrogen and oxygen atoms in total. The van der Waals surface area contributed by atoms with E-state index in [1.165, 1.54) is 0 Å². The number of hydrogen-bond donors (Lipinski definition) is 4. The van der Waals surface area contributed by atoms with E-state index in [2.05, 4.69) is 17.6 Å². The van der Waals surface area contributed by atoms with Crippen molar-refractivity contribution in [3.05, 3.63) is 0 Å². The summed E-state index contributed by atoms with van der Waals surface area (Å²) in [7, 11) is 0. The van der Waals surface area contributed by atoms with Crippen molar-refractivity contribution in [3.63, 3.8) is 0 Å². The van der Waals surface area contributed by atoms with E-state index in [4.69, 9.17) is 10.8 Å². The zero-order valence-corrected chi connectivity index (χ0v) is 12.1. The van der Waals surface area contributed by atoms with Crippen LogP contribution >= 0.6 is 0 Å². The monoisotopic (exact) mass is 287 g/mol. The van der Waals surface area contributed by atoms with E-state index in [1.54, 1.807) is 0 Å². The van der Waals surface area contributed by atoms with Crippen LogP contribution in [0.25, 0.3) is 0 Å². The van der Waals surface area contributed by atoms with Crippen LogP contribution in [0.4, 0.5) is 4.79 Å². The molecular weight excluding hydrogens is 262 g/mol. The topological polar surface area (TPSA) is 122 Å². The quantitative estimate of drug-likeness (QED) is 0.447. The third kappa shape index (κ3) is 9.18. The summed E-state index contributed by atoms with van der Waals surface area (Å²) in [5.41, 5.74) is 4.96. The van der Waals surface area contributed by atoms with E-state index in [-0.39, 0.29) is 18.9 Å². The smallest absolute Gasteiger partial charge is 0.326 e. The van der Waals surface area contributed by atoms with Gasteiger partial charge in [-0.05, 0) is 19.8 Å². The van der Waals surface area contributed by atoms with Crippen molar-refractivity contribution < 1.29 is 19.5 Å². The van der Waals surface area contributed by atoms with Crippen LogP contribution in [0, 0.1) is 0 Å². The number of amides is 3. The maximum absolute atomic E-state index is 11.6. The largest absolute Gasteiger partial charge is 0.480 e. The Morgan fingerprint density at radius 2 is 1.80 bits per heavy atom. The van der Waals surface area contributed by atoms with Crippen LogP contribution in [-0.2, 0) is 9.59 Å². The Labute approximate surface area is 119 Å². The highest BCUT2D eigenvalue weighted by Crippen LogP contribution is 2.03. The number of nitrogens with two attached hydrogens (primary N) is 1. The van der Waals surface area contributed by atoms with Crippen molar-refractivity contribution in [1.82, 2.24) is 10.6 Å². The van der Waals surface area contributed by atoms with Crippen LogP contribution in [0.2, 0.25) is 0 Å². The molecule has 0 aliphatic carbocycles. The van der Waals surface area contributed by atoms with Gasteiger partial charge in [-0.3, -0.25) is 4.79 Å². The summed E-state index contributed by atoms with van der Waals surface area (Å²) < 4.78 is 0. The molecule has 2 atom stereocenters. The summed E-state index contributed by atoms with van der Waals surface area (Å²) in [6.45, 7) is 3.97. The van der Waals surface area contributed by atoms with Crippen molar-refractivity contribution in [1.29, 1.82) is 0 Å². The lowest BCUT2D eigenvalue weighted by Gasteiger charge is -2.18. The number of carboxylic acid groups (broad SMARTS) is 1. The fraction of sp³-hybridized carbons (Fsp3) is 0.769. The molecule has 1 unspecified atom stereocenters. The summed E-state index contributed by atoms with van der Waals surface area (Å²) in [6, 6.07) is -1.66. The Hall–Kier alpha value is -1.79. The molecule has 0 aromatic heterocycles. The molecule has 0 fully saturated rings. The van der Waals surface area contributed by atoms with Gasteiger partial charge < -0.3 is 21.5 Å². The van der Waals surface area contributed by atoms with E-state index in [9.17, 15) is 14.4 Å². The van der Waals surface area contributed by atoms with Gasteiger partial charge in [0.1, 0.15) is 6.04 Å². The Morgan fingerprint density at radius 1 is 1.15 bits per heavy atom. The summed E-state index contributed by atoms with van der Waals surface area (Å²) >= 11 is 0. The van der Waals surface area contributed by atoms with Crippen molar-refractivity contribution in [2.45, 2.75) is 64.5 Å². The highest BCUT2D eigenvalue weighted by atomic mass is 16.4. The van der Waals surface area contributed by atoms with Crippen LogP contribution in [0.3, 0.4) is 0 Å². The number of rotatable bonds is 10. The zero-order chi connectivity index (χ0) is 15.5. The molecule has 116 valence electrons. The average Bonchev–Trinajstić information content (AvgIpc) is 2.34. The van der Waals surface area contributed by atoms with Gasteiger partial charge in [-0.1, -0.05) is 26.2 Å². The van der Waals surface area contributed by atoms with Crippen LogP contribution in [0.5, 0.6) is 0 Å². The van der Waals surface area contributed by atoms with Crippen molar-refractivity contribution in [2.75, 3.05) is 0 Å². The van der Waals surface area contributed by atoms with Crippen LogP contribution in [-0.4, -0.2) is 35.1 Å². The van der Waals surface area contributed by atoms with Gasteiger partial charge in [-0.15, -0.1) is 0 Å². The second-order valence-electron chi connectivity index (χ2n) is 4.91. The minimum absolute atomic E-state index is 0.0116. The third-order valence-corrected chi connectivity index (χ3v) is 2.90. The van der Waals surface area contributed by atoms with E-state index < -0.39 is 23.9 Å². The van der Waals surface area contributed by atoms with Crippen LogP contribution in [0.1, 0.15) is 52.4 Å². The van der Waals surface area contributed by atoms with Gasteiger partial charge >= 0.3 is 12.0 Å². The zero-order valence-electron chi connectivity index (χ0n) is 12.1. The highest BCUT2D eigenvalue weighted by molar-refractivity contribution is 5.83. The molecule has 0 saturated carbocycles. The predicted molar refractivity (Wildman–Crippen MR) is 75.1 cm³/mol. The maximum atomic E-state index is 11.6. The SMILES string of the molecule is CCCCCC(C)NC(=O)N[C@H](CCC(N)=O)C(=O)O. The molecule has 0 aliphatic rings. The standard InChI is InChI=1S/C13H25N3O4/c1-3-4-5-6-9(2)15-13(20)16-10(12(18)19)7-8-11(14)17/h9-10H,3-8H2,1-2H3,(H2,14,17)(H,18,19)(H2,15,16,20)/t9?,10-/m1/s1. The predicted octanol–water partition coefficient (Wildman–Crippen LogP) is 0.973. The first kappa shape index (κ1) is 18.2. The number of carboxylic acids is 1. The normalized spacial score (nSPS) is 13.3. The van der Waals surface area contributed by atoms with Crippen LogP contribution in [0.15, 0.2) is 0 Å². The summed E-state index contributed by atoms with van der Waals surface area (Å²) in [4.78, 5) is 33.2. The number of urea groups is 1. The fourth-order valence-electron chi connectivity index (χ4n) is 1.74. The van der Waals surface area contributed by atoms with E-state index >= 15 is 0 Å². The Morgan fingerprint density at radius 3 is 2.30 bits per heavy atom. The second-order valence-corrected chi connectivity index (χ2v) is 4.91. The first-order valence-electron chi connectivity index (χ1n) is 6.95. The maximum Gasteiger partial charge on any atom is 0.326 e. The van der Waals surface area contributed by atoms with Gasteiger partial charge in [0.2, 0.25) is 5.91 Å². The molecule has 5 N–H and O–H groups in total. The number of primary amides is 1. The molecule has 0 heterocycles. The molecule has 0 aromatic rings. The first-order valence-corrected chi connectivity index (χ1v) is 6.95. The second kappa shape index (κ2) is 10.1. The molecular formula is C13H25N3O4. The summed E-state index contributed by atoms with van der Waals surface area (Å²) in [5.74, 6) is -1.77. The van der Waals surface area contributed by atoms with E-state index in [0.717, 1.165) is 25.7 Å². The van der Waals surface area contributed by atoms with Crippen LogP contribution < -0.4 is 16.4 Å². The Balaban J connectivity index is 4.11. The van der Waals surface area contributed by atoms with Crippen molar-refractivity contribution in [2.24, 2.45) is 5.73 Å². The van der Waals surface area contributed by atoms with Gasteiger partial charge in [0, 0.05) is 12.5 Å². The number of carbonyl (C=O) groups excluding carboxylic acids is 2. The van der Waals surface area contributed by atoms with Gasteiger partial charge in [-0.2, -0.15) is 0 Å². The van der Waals surface area contributed by atoms with Gasteiger partial charge in [0.25, 0.3) is 0 Å². The molecule has 0 aliphatic heterocycles. The first-order chi connectivity index (χ1) is 9.36. The minimum atomic E-state index is -1.18. The molecule has 0 saturated heterocycles. The summed E-state index contributed by atoms with van der Waals surface area (Å²) in [5, 5.41) is 14.0. The van der Waals surface area contributed by atoms with Gasteiger partial charge in [0.05, 0.1) is 0 Å². The third-order valence-electron chi connectivity index (χ3n) is 2.90. The number of unbranched alkanes of at least 4 members (excludes halogenated alkanes) is 2. The van der Waals surface area contributed by atoms with Gasteiger partial charge in [-0.25, -0.2) is 9.59 Å². The molecule has 0 spiro atoms. The van der Waals surface area contributed by atoms with Crippen molar-refractivity contribution in [3.8, 4) is 0 Å². The lowest BCUT2D eigenvalue weighted by molar-refractivity contribution is -0.139. The fourth-order valence-corrected chi connectivity index (χ4v) is 1.74. The number of carbonyl (C=O) groups is 3. The number of nitrogens with one attached hydrogen (secondary N) is 2. The molecule has 0 radical (unpaired) electrons. The van der Waals surface area contributed by atoms with Crippen molar-refractivity contribution >= 4 is 17.9 Å². The number of hydrogen-bond acceptors (Lipinski definition) is 3. The molecule has 7 heteroatoms. The Bertz CT molecular complexity index is 334. The minimum Gasteiger partial charge on any atom is -0.480 e. The van der Waals surface area contributed by atoms with E-state index in [0.29, 0.717) is 0 Å². The number of aliphatic carboxylic acids is 1. The lowest BCUT2D eigenvalue weighted by atomic mass is 10.1. The van der Waals surface area contributed by atoms with E-state index in [1.807, 2.05) is 6.92 Å². The highest BCUT2D eigenvalue weighted by Gasteiger charge is 2.20. The van der Waals surface area contributed by atoms with Gasteiger partial charge in [0.15, 0.2) is 0 Å². The lowest BCUT2D eigenvalue weighted by Crippen LogP contribution is -2.48. The molecule has 3 amide bonds. The molecule has 0 bridgehead atoms. The Kier molecular flexibility index (Phi) is 9.15. The average molecular weight is 287 g/mol. The molecule has 20 heavy (non-hydrogen) atoms. The molecule has 0 rings (SSSR count).